The van der Waals surface area contributed by atoms with Crippen molar-refractivity contribution in [1.82, 2.24) is 20.2 Å². The number of nitrogens with one attached hydrogen (secondary N) is 2. The highest BCUT2D eigenvalue weighted by Crippen LogP contribution is 2.39. The molecule has 0 spiro atoms. The highest BCUT2D eigenvalue weighted by atomic mass is 19.1. The zero-order valence-corrected chi connectivity index (χ0v) is 14.5. The first-order valence-electron chi connectivity index (χ1n) is 8.62. The lowest BCUT2D eigenvalue weighted by molar-refractivity contribution is 0.628. The number of nitrogens with zero attached hydrogens (tertiary/aromatic N) is 2. The third-order valence-corrected chi connectivity index (χ3v) is 4.89. The molecule has 3 aromatic carbocycles. The van der Waals surface area contributed by atoms with Crippen LogP contribution < -0.4 is 11.3 Å². The Morgan fingerprint density at radius 2 is 1.82 bits per heavy atom. The number of anilines is 1. The van der Waals surface area contributed by atoms with Crippen molar-refractivity contribution in [2.45, 2.75) is 0 Å². The quantitative estimate of drug-likeness (QED) is 0.410. The second kappa shape index (κ2) is 6.02. The van der Waals surface area contributed by atoms with E-state index >= 15 is 0 Å². The fourth-order valence-electron chi connectivity index (χ4n) is 3.55. The van der Waals surface area contributed by atoms with Gasteiger partial charge in [0.15, 0.2) is 0 Å². The number of fused-ring (bicyclic) bond motifs is 2. The molecular formula is C21H14FN5O. The third-order valence-electron chi connectivity index (χ3n) is 4.89. The second-order valence-corrected chi connectivity index (χ2v) is 6.48. The van der Waals surface area contributed by atoms with Crippen LogP contribution >= 0.6 is 0 Å². The number of nitrogen functional groups attached to an aromatic ring is 1. The fourth-order valence-corrected chi connectivity index (χ4v) is 3.55. The van der Waals surface area contributed by atoms with E-state index in [1.54, 1.807) is 18.3 Å². The van der Waals surface area contributed by atoms with Crippen LogP contribution in [0.5, 0.6) is 0 Å². The SMILES string of the molecule is Nc1c(-c2cccc3[nH]ncc23)cc(-c2ccc(F)cc2)c2nc[nH]c(=O)c12. The predicted octanol–water partition coefficient (Wildman–Crippen LogP) is 3.85. The molecule has 28 heavy (non-hydrogen) atoms. The molecule has 2 heterocycles. The average molecular weight is 371 g/mol. The Labute approximate surface area is 157 Å². The highest BCUT2D eigenvalue weighted by Gasteiger charge is 2.18. The standard InChI is InChI=1S/C21H14FN5O/c22-12-6-4-11(5-7-12)14-8-15(13-2-1-3-17-16(13)9-26-27-17)19(23)18-20(14)24-10-25-21(18)28/h1-10H,23H2,(H,26,27)(H,24,25,28). The van der Waals surface area contributed by atoms with Crippen molar-refractivity contribution >= 4 is 27.5 Å². The number of aromatic nitrogens is 4. The van der Waals surface area contributed by atoms with Crippen molar-refractivity contribution in [3.63, 3.8) is 0 Å². The van der Waals surface area contributed by atoms with E-state index < -0.39 is 0 Å². The van der Waals surface area contributed by atoms with Gasteiger partial charge in [-0.25, -0.2) is 9.37 Å². The zero-order chi connectivity index (χ0) is 19.3. The topological polar surface area (TPSA) is 100 Å². The first-order valence-corrected chi connectivity index (χ1v) is 8.62. The lowest BCUT2D eigenvalue weighted by Gasteiger charge is -2.14. The molecule has 7 heteroatoms. The van der Waals surface area contributed by atoms with Gasteiger partial charge in [-0.05, 0) is 35.4 Å². The molecule has 0 aliphatic rings. The Hall–Kier alpha value is -4.00. The van der Waals surface area contributed by atoms with Gasteiger partial charge in [0.05, 0.1) is 34.6 Å². The van der Waals surface area contributed by atoms with Crippen LogP contribution in [0.25, 0.3) is 44.1 Å². The lowest BCUT2D eigenvalue weighted by Crippen LogP contribution is -2.10. The van der Waals surface area contributed by atoms with E-state index in [1.165, 1.54) is 18.5 Å². The molecule has 0 radical (unpaired) electrons. The second-order valence-electron chi connectivity index (χ2n) is 6.48. The molecule has 0 aliphatic carbocycles. The Kier molecular flexibility index (Phi) is 3.48. The largest absolute Gasteiger partial charge is 0.398 e. The van der Waals surface area contributed by atoms with E-state index in [4.69, 9.17) is 5.73 Å². The maximum absolute atomic E-state index is 13.4. The first kappa shape index (κ1) is 16.2. The summed E-state index contributed by atoms with van der Waals surface area (Å²) in [6.07, 6.45) is 3.06. The van der Waals surface area contributed by atoms with E-state index in [0.717, 1.165) is 22.0 Å². The maximum Gasteiger partial charge on any atom is 0.260 e. The van der Waals surface area contributed by atoms with E-state index in [9.17, 15) is 9.18 Å². The summed E-state index contributed by atoms with van der Waals surface area (Å²) in [4.78, 5) is 19.5. The van der Waals surface area contributed by atoms with Crippen LogP contribution in [0.15, 0.2) is 65.8 Å². The molecule has 5 aromatic rings. The number of halogens is 1. The normalized spacial score (nSPS) is 11.3. The van der Waals surface area contributed by atoms with Crippen molar-refractivity contribution < 1.29 is 4.39 Å². The number of rotatable bonds is 2. The molecule has 0 saturated heterocycles. The van der Waals surface area contributed by atoms with Crippen molar-refractivity contribution in [2.75, 3.05) is 5.73 Å². The van der Waals surface area contributed by atoms with E-state index in [-0.39, 0.29) is 11.4 Å². The molecule has 2 aromatic heterocycles. The molecule has 0 amide bonds. The van der Waals surface area contributed by atoms with Gasteiger partial charge in [0.2, 0.25) is 0 Å². The summed E-state index contributed by atoms with van der Waals surface area (Å²) in [6.45, 7) is 0. The van der Waals surface area contributed by atoms with Crippen LogP contribution in [0.4, 0.5) is 10.1 Å². The summed E-state index contributed by atoms with van der Waals surface area (Å²) in [5.41, 5.74) is 10.7. The maximum atomic E-state index is 13.4. The first-order chi connectivity index (χ1) is 13.6. The summed E-state index contributed by atoms with van der Waals surface area (Å²) in [5.74, 6) is -0.335. The van der Waals surface area contributed by atoms with Crippen LogP contribution in [0.1, 0.15) is 0 Å². The third kappa shape index (κ3) is 2.37. The zero-order valence-electron chi connectivity index (χ0n) is 14.5. The minimum absolute atomic E-state index is 0.305. The van der Waals surface area contributed by atoms with Gasteiger partial charge in [-0.2, -0.15) is 5.10 Å². The van der Waals surface area contributed by atoms with Crippen LogP contribution in [-0.2, 0) is 0 Å². The number of benzene rings is 3. The average Bonchev–Trinajstić information content (AvgIpc) is 3.18. The Balaban J connectivity index is 1.92. The van der Waals surface area contributed by atoms with Gasteiger partial charge in [-0.3, -0.25) is 9.89 Å². The van der Waals surface area contributed by atoms with Crippen LogP contribution in [0.2, 0.25) is 0 Å². The molecule has 4 N–H and O–H groups in total. The summed E-state index contributed by atoms with van der Waals surface area (Å²) in [5, 5.41) is 8.23. The van der Waals surface area contributed by atoms with Gasteiger partial charge in [0, 0.05) is 16.5 Å². The Morgan fingerprint density at radius 1 is 1.00 bits per heavy atom. The van der Waals surface area contributed by atoms with E-state index in [1.807, 2.05) is 24.3 Å². The Morgan fingerprint density at radius 3 is 2.64 bits per heavy atom. The minimum atomic E-state index is -0.335. The summed E-state index contributed by atoms with van der Waals surface area (Å²) in [6, 6.07) is 13.7. The van der Waals surface area contributed by atoms with Crippen molar-refractivity contribution in [3.8, 4) is 22.3 Å². The summed E-state index contributed by atoms with van der Waals surface area (Å²) >= 11 is 0. The molecular weight excluding hydrogens is 357 g/mol. The smallest absolute Gasteiger partial charge is 0.260 e. The monoisotopic (exact) mass is 371 g/mol. The van der Waals surface area contributed by atoms with Gasteiger partial charge >= 0.3 is 0 Å². The molecule has 0 aliphatic heterocycles. The Bertz CT molecular complexity index is 1400. The van der Waals surface area contributed by atoms with Crippen molar-refractivity contribution in [1.29, 1.82) is 0 Å². The van der Waals surface area contributed by atoms with Gasteiger partial charge in [0.25, 0.3) is 5.56 Å². The van der Waals surface area contributed by atoms with E-state index in [0.29, 0.717) is 27.7 Å². The molecule has 5 rings (SSSR count). The number of nitrogens with two attached hydrogens (primary N) is 1. The van der Waals surface area contributed by atoms with Crippen LogP contribution in [-0.4, -0.2) is 20.2 Å². The number of hydrogen-bond acceptors (Lipinski definition) is 4. The summed E-state index contributed by atoms with van der Waals surface area (Å²) in [7, 11) is 0. The number of aromatic amines is 2. The van der Waals surface area contributed by atoms with Crippen molar-refractivity contribution in [2.24, 2.45) is 0 Å². The number of hydrogen-bond donors (Lipinski definition) is 3. The van der Waals surface area contributed by atoms with Gasteiger partial charge < -0.3 is 10.7 Å². The lowest BCUT2D eigenvalue weighted by atomic mass is 9.93. The fraction of sp³-hybridized carbons (Fsp3) is 0. The molecule has 0 atom stereocenters. The van der Waals surface area contributed by atoms with Crippen LogP contribution in [0, 0.1) is 5.82 Å². The number of H-pyrrole nitrogens is 2. The predicted molar refractivity (Wildman–Crippen MR) is 107 cm³/mol. The molecule has 0 bridgehead atoms. The molecule has 0 unspecified atom stereocenters. The van der Waals surface area contributed by atoms with Gasteiger partial charge in [0.1, 0.15) is 5.82 Å². The van der Waals surface area contributed by atoms with E-state index in [2.05, 4.69) is 20.2 Å². The molecule has 6 nitrogen and oxygen atoms in total. The van der Waals surface area contributed by atoms with Crippen molar-refractivity contribution in [3.05, 3.63) is 77.2 Å². The molecule has 136 valence electrons. The molecule has 0 fully saturated rings. The van der Waals surface area contributed by atoms with Gasteiger partial charge in [-0.15, -0.1) is 0 Å². The minimum Gasteiger partial charge on any atom is -0.398 e. The van der Waals surface area contributed by atoms with Gasteiger partial charge in [-0.1, -0.05) is 24.3 Å². The summed E-state index contributed by atoms with van der Waals surface area (Å²) < 4.78 is 13.4. The molecule has 0 saturated carbocycles. The highest BCUT2D eigenvalue weighted by molar-refractivity contribution is 6.09. The van der Waals surface area contributed by atoms with Crippen LogP contribution in [0.3, 0.4) is 0 Å².